The van der Waals surface area contributed by atoms with E-state index in [1.54, 1.807) is 36.4 Å². The molecule has 2 aromatic carbocycles. The monoisotopic (exact) mass is 341 g/mol. The summed E-state index contributed by atoms with van der Waals surface area (Å²) in [6, 6.07) is 16.0. The average molecular weight is 342 g/mol. The Morgan fingerprint density at radius 1 is 1.17 bits per heavy atom. The Kier molecular flexibility index (Phi) is 4.69. The van der Waals surface area contributed by atoms with Crippen LogP contribution in [-0.2, 0) is 6.61 Å². The molecule has 0 aliphatic carbocycles. The van der Waals surface area contributed by atoms with Crippen molar-refractivity contribution in [3.63, 3.8) is 0 Å². The fraction of sp³-hybridized carbons (Fsp3) is 0.105. The highest BCUT2D eigenvalue weighted by molar-refractivity contribution is 6.33. The number of furan rings is 1. The Bertz CT molecular complexity index is 886. The number of carbonyl (C=O) groups is 1. The maximum atomic E-state index is 12.4. The number of benzene rings is 2. The van der Waals surface area contributed by atoms with E-state index in [2.05, 4.69) is 5.32 Å². The molecule has 0 bridgehead atoms. The molecule has 0 unspecified atom stereocenters. The van der Waals surface area contributed by atoms with Gasteiger partial charge in [-0.1, -0.05) is 29.8 Å². The van der Waals surface area contributed by atoms with E-state index in [0.29, 0.717) is 33.4 Å². The second-order valence-electron chi connectivity index (χ2n) is 5.39. The predicted molar refractivity (Wildman–Crippen MR) is 94.2 cm³/mol. The van der Waals surface area contributed by atoms with Gasteiger partial charge in [-0.2, -0.15) is 0 Å². The lowest BCUT2D eigenvalue weighted by molar-refractivity contribution is 0.102. The van der Waals surface area contributed by atoms with Crippen LogP contribution in [0.1, 0.15) is 21.7 Å². The zero-order valence-corrected chi connectivity index (χ0v) is 13.8. The topological polar surface area (TPSA) is 62.5 Å². The third kappa shape index (κ3) is 3.35. The molecule has 0 atom stereocenters. The van der Waals surface area contributed by atoms with Crippen molar-refractivity contribution in [2.24, 2.45) is 0 Å². The summed E-state index contributed by atoms with van der Waals surface area (Å²) in [6.07, 6.45) is 0. The van der Waals surface area contributed by atoms with Gasteiger partial charge in [0.25, 0.3) is 5.91 Å². The minimum absolute atomic E-state index is 0.179. The van der Waals surface area contributed by atoms with E-state index in [1.807, 2.05) is 25.1 Å². The van der Waals surface area contributed by atoms with Crippen LogP contribution < -0.4 is 5.32 Å². The highest BCUT2D eigenvalue weighted by Crippen LogP contribution is 2.32. The maximum Gasteiger partial charge on any atom is 0.255 e. The van der Waals surface area contributed by atoms with Crippen LogP contribution in [0.3, 0.4) is 0 Å². The summed E-state index contributed by atoms with van der Waals surface area (Å²) >= 11 is 6.23. The molecule has 2 N–H and O–H groups in total. The number of aliphatic hydroxyl groups is 1. The highest BCUT2D eigenvalue weighted by Gasteiger charge is 2.12. The van der Waals surface area contributed by atoms with Crippen molar-refractivity contribution in [3.8, 4) is 11.3 Å². The number of aryl methyl sites for hydroxylation is 1. The zero-order chi connectivity index (χ0) is 17.1. The average Bonchev–Trinajstić information content (AvgIpc) is 3.06. The molecule has 0 saturated heterocycles. The molecule has 0 aliphatic heterocycles. The molecule has 4 nitrogen and oxygen atoms in total. The van der Waals surface area contributed by atoms with Crippen molar-refractivity contribution < 1.29 is 14.3 Å². The van der Waals surface area contributed by atoms with Crippen LogP contribution >= 0.6 is 11.6 Å². The SMILES string of the molecule is Cc1ccccc1C(=O)Nc1ccc(Cl)c(-c2ccc(CO)o2)c1. The Balaban J connectivity index is 1.88. The molecule has 3 rings (SSSR count). The van der Waals surface area contributed by atoms with Gasteiger partial charge < -0.3 is 14.8 Å². The van der Waals surface area contributed by atoms with Crippen molar-refractivity contribution in [2.45, 2.75) is 13.5 Å². The number of aliphatic hydroxyl groups excluding tert-OH is 1. The van der Waals surface area contributed by atoms with Crippen LogP contribution in [0.15, 0.2) is 59.0 Å². The summed E-state index contributed by atoms with van der Waals surface area (Å²) in [5, 5.41) is 12.5. The summed E-state index contributed by atoms with van der Waals surface area (Å²) in [4.78, 5) is 12.4. The van der Waals surface area contributed by atoms with Crippen LogP contribution in [0.5, 0.6) is 0 Å². The number of carbonyl (C=O) groups excluding carboxylic acids is 1. The number of anilines is 1. The normalized spacial score (nSPS) is 10.6. The third-order valence-corrected chi connectivity index (χ3v) is 4.03. The van der Waals surface area contributed by atoms with Crippen LogP contribution in [0, 0.1) is 6.92 Å². The molecule has 24 heavy (non-hydrogen) atoms. The van der Waals surface area contributed by atoms with Gasteiger partial charge in [0.15, 0.2) is 0 Å². The van der Waals surface area contributed by atoms with Crippen LogP contribution in [0.25, 0.3) is 11.3 Å². The fourth-order valence-electron chi connectivity index (χ4n) is 2.43. The van der Waals surface area contributed by atoms with E-state index in [-0.39, 0.29) is 12.5 Å². The van der Waals surface area contributed by atoms with E-state index in [4.69, 9.17) is 21.1 Å². The Morgan fingerprint density at radius 3 is 2.67 bits per heavy atom. The lowest BCUT2D eigenvalue weighted by Crippen LogP contribution is -2.13. The Hall–Kier alpha value is -2.56. The standard InChI is InChI=1S/C19H16ClNO3/c1-12-4-2-3-5-15(12)19(23)21-13-6-8-17(20)16(10-13)18-9-7-14(11-22)24-18/h2-10,22H,11H2,1H3,(H,21,23). The molecule has 1 aromatic heterocycles. The minimum atomic E-state index is -0.183. The van der Waals surface area contributed by atoms with Gasteiger partial charge in [-0.25, -0.2) is 0 Å². The molecule has 0 spiro atoms. The first-order chi connectivity index (χ1) is 11.6. The molecule has 1 heterocycles. The van der Waals surface area contributed by atoms with Crippen LogP contribution in [0.2, 0.25) is 5.02 Å². The van der Waals surface area contributed by atoms with Crippen molar-refractivity contribution >= 4 is 23.2 Å². The minimum Gasteiger partial charge on any atom is -0.459 e. The summed E-state index contributed by atoms with van der Waals surface area (Å²) in [5.41, 5.74) is 2.79. The van der Waals surface area contributed by atoms with Gasteiger partial charge in [0.2, 0.25) is 0 Å². The smallest absolute Gasteiger partial charge is 0.255 e. The van der Waals surface area contributed by atoms with Gasteiger partial charge in [-0.15, -0.1) is 0 Å². The van der Waals surface area contributed by atoms with E-state index < -0.39 is 0 Å². The fourth-order valence-corrected chi connectivity index (χ4v) is 2.64. The molecular formula is C19H16ClNO3. The summed E-state index contributed by atoms with van der Waals surface area (Å²) in [7, 11) is 0. The summed E-state index contributed by atoms with van der Waals surface area (Å²) in [6.45, 7) is 1.71. The van der Waals surface area contributed by atoms with Gasteiger partial charge in [0.1, 0.15) is 18.1 Å². The van der Waals surface area contributed by atoms with Crippen molar-refractivity contribution in [1.82, 2.24) is 0 Å². The molecule has 0 aliphatic rings. The number of amides is 1. The van der Waals surface area contributed by atoms with Gasteiger partial charge in [0, 0.05) is 16.8 Å². The maximum absolute atomic E-state index is 12.4. The first-order valence-corrected chi connectivity index (χ1v) is 7.83. The lowest BCUT2D eigenvalue weighted by Gasteiger charge is -2.09. The van der Waals surface area contributed by atoms with Gasteiger partial charge in [0.05, 0.1) is 5.02 Å². The number of hydrogen-bond donors (Lipinski definition) is 2. The molecule has 0 saturated carbocycles. The first-order valence-electron chi connectivity index (χ1n) is 7.45. The number of hydrogen-bond acceptors (Lipinski definition) is 3. The van der Waals surface area contributed by atoms with E-state index in [0.717, 1.165) is 5.56 Å². The molecule has 1 amide bonds. The quantitative estimate of drug-likeness (QED) is 0.725. The van der Waals surface area contributed by atoms with Crippen molar-refractivity contribution in [2.75, 3.05) is 5.32 Å². The predicted octanol–water partition coefficient (Wildman–Crippen LogP) is 4.65. The van der Waals surface area contributed by atoms with Crippen molar-refractivity contribution in [1.29, 1.82) is 0 Å². The highest BCUT2D eigenvalue weighted by atomic mass is 35.5. The lowest BCUT2D eigenvalue weighted by atomic mass is 10.1. The van der Waals surface area contributed by atoms with Crippen molar-refractivity contribution in [3.05, 3.63) is 76.5 Å². The largest absolute Gasteiger partial charge is 0.459 e. The second kappa shape index (κ2) is 6.91. The number of nitrogens with one attached hydrogen (secondary N) is 1. The Morgan fingerprint density at radius 2 is 1.96 bits per heavy atom. The van der Waals surface area contributed by atoms with E-state index in [9.17, 15) is 4.79 Å². The van der Waals surface area contributed by atoms with E-state index >= 15 is 0 Å². The second-order valence-corrected chi connectivity index (χ2v) is 5.79. The summed E-state index contributed by atoms with van der Waals surface area (Å²) in [5.74, 6) is 0.809. The zero-order valence-electron chi connectivity index (χ0n) is 13.0. The number of halogens is 1. The molecule has 0 radical (unpaired) electrons. The van der Waals surface area contributed by atoms with Gasteiger partial charge >= 0.3 is 0 Å². The summed E-state index contributed by atoms with van der Waals surface area (Å²) < 4.78 is 5.52. The van der Waals surface area contributed by atoms with Crippen LogP contribution in [0.4, 0.5) is 5.69 Å². The van der Waals surface area contributed by atoms with E-state index in [1.165, 1.54) is 0 Å². The molecule has 122 valence electrons. The molecule has 3 aromatic rings. The first kappa shape index (κ1) is 16.3. The Labute approximate surface area is 144 Å². The number of rotatable bonds is 4. The van der Waals surface area contributed by atoms with Gasteiger partial charge in [-0.3, -0.25) is 4.79 Å². The van der Waals surface area contributed by atoms with Gasteiger partial charge in [-0.05, 0) is 48.9 Å². The molecular weight excluding hydrogens is 326 g/mol. The third-order valence-electron chi connectivity index (χ3n) is 3.70. The van der Waals surface area contributed by atoms with Crippen LogP contribution in [-0.4, -0.2) is 11.0 Å². The molecule has 0 fully saturated rings. The molecule has 5 heteroatoms.